The molecular formula is C24H30O4. The zero-order chi connectivity index (χ0) is 20.0. The molecule has 4 heteroatoms. The number of carbonyl (C=O) groups excluding carboxylic acids is 1. The van der Waals surface area contributed by atoms with Crippen LogP contribution in [0.4, 0.5) is 0 Å². The molecule has 0 bridgehead atoms. The van der Waals surface area contributed by atoms with Crippen molar-refractivity contribution in [1.29, 1.82) is 0 Å². The summed E-state index contributed by atoms with van der Waals surface area (Å²) in [6.45, 7) is 5.67. The Morgan fingerprint density at radius 2 is 1.36 bits per heavy atom. The SMILES string of the molecule is CCCCCCOc1ccc(OC(=O)C=Cc2ccc(OCCC)cc2)cc1. The number of unbranched alkanes of at least 4 members (excludes halogenated alkanes) is 3. The van der Waals surface area contributed by atoms with Gasteiger partial charge in [0.2, 0.25) is 0 Å². The molecule has 0 fully saturated rings. The molecule has 0 aliphatic heterocycles. The first-order valence-corrected chi connectivity index (χ1v) is 10.1. The van der Waals surface area contributed by atoms with Crippen LogP contribution in [0.1, 0.15) is 51.5 Å². The highest BCUT2D eigenvalue weighted by Gasteiger charge is 2.02. The van der Waals surface area contributed by atoms with Crippen molar-refractivity contribution in [2.75, 3.05) is 13.2 Å². The third kappa shape index (κ3) is 8.30. The molecule has 0 heterocycles. The number of carbonyl (C=O) groups is 1. The molecule has 0 N–H and O–H groups in total. The van der Waals surface area contributed by atoms with E-state index in [1.165, 1.54) is 25.3 Å². The van der Waals surface area contributed by atoms with Crippen LogP contribution in [0.5, 0.6) is 17.2 Å². The van der Waals surface area contributed by atoms with Gasteiger partial charge in [0.1, 0.15) is 17.2 Å². The predicted octanol–water partition coefficient (Wildman–Crippen LogP) is 6.05. The van der Waals surface area contributed by atoms with E-state index < -0.39 is 5.97 Å². The molecule has 150 valence electrons. The lowest BCUT2D eigenvalue weighted by molar-refractivity contribution is -0.128. The summed E-state index contributed by atoms with van der Waals surface area (Å²) in [7, 11) is 0. The highest BCUT2D eigenvalue weighted by molar-refractivity contribution is 5.88. The number of benzene rings is 2. The average Bonchev–Trinajstić information content (AvgIpc) is 2.72. The molecule has 0 saturated carbocycles. The Labute approximate surface area is 168 Å². The number of hydrogen-bond donors (Lipinski definition) is 0. The van der Waals surface area contributed by atoms with Crippen molar-refractivity contribution >= 4 is 12.0 Å². The molecule has 28 heavy (non-hydrogen) atoms. The lowest BCUT2D eigenvalue weighted by atomic mass is 10.2. The summed E-state index contributed by atoms with van der Waals surface area (Å²) in [6, 6.07) is 14.7. The Hall–Kier alpha value is -2.75. The molecule has 0 aliphatic rings. The maximum absolute atomic E-state index is 12.0. The van der Waals surface area contributed by atoms with E-state index in [0.717, 1.165) is 29.9 Å². The van der Waals surface area contributed by atoms with Gasteiger partial charge in [-0.05, 0) is 60.9 Å². The molecule has 0 radical (unpaired) electrons. The van der Waals surface area contributed by atoms with Gasteiger partial charge in [-0.25, -0.2) is 4.79 Å². The highest BCUT2D eigenvalue weighted by Crippen LogP contribution is 2.19. The summed E-state index contributed by atoms with van der Waals surface area (Å²) < 4.78 is 16.5. The predicted molar refractivity (Wildman–Crippen MR) is 113 cm³/mol. The lowest BCUT2D eigenvalue weighted by Crippen LogP contribution is -2.03. The molecular weight excluding hydrogens is 352 g/mol. The first kappa shape index (κ1) is 21.5. The largest absolute Gasteiger partial charge is 0.494 e. The molecule has 0 unspecified atom stereocenters. The van der Waals surface area contributed by atoms with E-state index in [1.807, 2.05) is 36.4 Å². The third-order valence-electron chi connectivity index (χ3n) is 4.07. The van der Waals surface area contributed by atoms with Crippen LogP contribution < -0.4 is 14.2 Å². The average molecular weight is 383 g/mol. The molecule has 0 aromatic heterocycles. The summed E-state index contributed by atoms with van der Waals surface area (Å²) in [6.07, 6.45) is 8.81. The van der Waals surface area contributed by atoms with Gasteiger partial charge in [0, 0.05) is 6.08 Å². The second kappa shape index (κ2) is 12.6. The molecule has 0 saturated heterocycles. The summed E-state index contributed by atoms with van der Waals surface area (Å²) in [5.74, 6) is 1.70. The van der Waals surface area contributed by atoms with Crippen LogP contribution in [0.25, 0.3) is 6.08 Å². The summed E-state index contributed by atoms with van der Waals surface area (Å²) >= 11 is 0. The van der Waals surface area contributed by atoms with Crippen molar-refractivity contribution in [1.82, 2.24) is 0 Å². The quantitative estimate of drug-likeness (QED) is 0.194. The molecule has 4 nitrogen and oxygen atoms in total. The fourth-order valence-electron chi connectivity index (χ4n) is 2.53. The van der Waals surface area contributed by atoms with Crippen LogP contribution >= 0.6 is 0 Å². The first-order chi connectivity index (χ1) is 13.7. The van der Waals surface area contributed by atoms with E-state index in [2.05, 4.69) is 13.8 Å². The van der Waals surface area contributed by atoms with Gasteiger partial charge in [-0.2, -0.15) is 0 Å². The number of rotatable bonds is 12. The Bertz CT molecular complexity index is 717. The summed E-state index contributed by atoms with van der Waals surface area (Å²) in [5, 5.41) is 0. The molecule has 2 rings (SSSR count). The van der Waals surface area contributed by atoms with Crippen LogP contribution in [0.3, 0.4) is 0 Å². The molecule has 0 amide bonds. The number of esters is 1. The van der Waals surface area contributed by atoms with Crippen molar-refractivity contribution in [2.45, 2.75) is 46.0 Å². The van der Waals surface area contributed by atoms with Gasteiger partial charge in [-0.15, -0.1) is 0 Å². The van der Waals surface area contributed by atoms with Crippen LogP contribution in [0.15, 0.2) is 54.6 Å². The van der Waals surface area contributed by atoms with E-state index in [-0.39, 0.29) is 0 Å². The van der Waals surface area contributed by atoms with Crippen molar-refractivity contribution in [3.05, 3.63) is 60.2 Å². The minimum Gasteiger partial charge on any atom is -0.494 e. The molecule has 0 atom stereocenters. The highest BCUT2D eigenvalue weighted by atomic mass is 16.5. The smallest absolute Gasteiger partial charge is 0.336 e. The van der Waals surface area contributed by atoms with Gasteiger partial charge < -0.3 is 14.2 Å². The van der Waals surface area contributed by atoms with E-state index in [0.29, 0.717) is 19.0 Å². The van der Waals surface area contributed by atoms with Gasteiger partial charge in [0.05, 0.1) is 13.2 Å². The topological polar surface area (TPSA) is 44.8 Å². The van der Waals surface area contributed by atoms with Crippen LogP contribution in [-0.4, -0.2) is 19.2 Å². The van der Waals surface area contributed by atoms with Gasteiger partial charge >= 0.3 is 5.97 Å². The Kier molecular flexibility index (Phi) is 9.70. The third-order valence-corrected chi connectivity index (χ3v) is 4.07. The van der Waals surface area contributed by atoms with Crippen molar-refractivity contribution < 1.29 is 19.0 Å². The first-order valence-electron chi connectivity index (χ1n) is 10.1. The standard InChI is InChI=1S/C24H30O4/c1-3-5-6-7-19-27-22-13-15-23(16-14-22)28-24(25)17-10-20-8-11-21(12-9-20)26-18-4-2/h8-17H,3-7,18-19H2,1-2H3. The Balaban J connectivity index is 1.76. The van der Waals surface area contributed by atoms with Gasteiger partial charge in [-0.1, -0.05) is 45.2 Å². The van der Waals surface area contributed by atoms with E-state index in [4.69, 9.17) is 14.2 Å². The second-order valence-corrected chi connectivity index (χ2v) is 6.55. The second-order valence-electron chi connectivity index (χ2n) is 6.55. The zero-order valence-electron chi connectivity index (χ0n) is 16.9. The summed E-state index contributed by atoms with van der Waals surface area (Å²) in [5.41, 5.74) is 0.910. The monoisotopic (exact) mass is 382 g/mol. The maximum Gasteiger partial charge on any atom is 0.336 e. The lowest BCUT2D eigenvalue weighted by Gasteiger charge is -2.07. The molecule has 0 aliphatic carbocycles. The molecule has 2 aromatic carbocycles. The Morgan fingerprint density at radius 3 is 2.00 bits per heavy atom. The van der Waals surface area contributed by atoms with Crippen LogP contribution in [0.2, 0.25) is 0 Å². The van der Waals surface area contributed by atoms with Gasteiger partial charge in [0.15, 0.2) is 0 Å². The van der Waals surface area contributed by atoms with E-state index in [9.17, 15) is 4.79 Å². The Morgan fingerprint density at radius 1 is 0.750 bits per heavy atom. The van der Waals surface area contributed by atoms with Crippen molar-refractivity contribution in [3.63, 3.8) is 0 Å². The van der Waals surface area contributed by atoms with Gasteiger partial charge in [0.25, 0.3) is 0 Å². The van der Waals surface area contributed by atoms with E-state index in [1.54, 1.807) is 18.2 Å². The normalized spacial score (nSPS) is 10.8. The van der Waals surface area contributed by atoms with Crippen molar-refractivity contribution in [3.8, 4) is 17.2 Å². The maximum atomic E-state index is 12.0. The number of ether oxygens (including phenoxy) is 3. The fraction of sp³-hybridized carbons (Fsp3) is 0.375. The molecule has 2 aromatic rings. The fourth-order valence-corrected chi connectivity index (χ4v) is 2.53. The molecule has 0 spiro atoms. The van der Waals surface area contributed by atoms with Crippen LogP contribution in [-0.2, 0) is 4.79 Å². The minimum absolute atomic E-state index is 0.417. The van der Waals surface area contributed by atoms with Gasteiger partial charge in [-0.3, -0.25) is 0 Å². The van der Waals surface area contributed by atoms with Crippen LogP contribution in [0, 0.1) is 0 Å². The van der Waals surface area contributed by atoms with E-state index >= 15 is 0 Å². The summed E-state index contributed by atoms with van der Waals surface area (Å²) in [4.78, 5) is 12.0. The zero-order valence-corrected chi connectivity index (χ0v) is 16.9. The minimum atomic E-state index is -0.417. The number of hydrogen-bond acceptors (Lipinski definition) is 4. The van der Waals surface area contributed by atoms with Crippen molar-refractivity contribution in [2.24, 2.45) is 0 Å².